The van der Waals surface area contributed by atoms with Crippen molar-refractivity contribution in [3.05, 3.63) is 16.1 Å². The first-order chi connectivity index (χ1) is 7.74. The summed E-state index contributed by atoms with van der Waals surface area (Å²) in [5.74, 6) is 0. The summed E-state index contributed by atoms with van der Waals surface area (Å²) in [5.41, 5.74) is 3.08. The van der Waals surface area contributed by atoms with Crippen molar-refractivity contribution in [1.82, 2.24) is 9.88 Å². The van der Waals surface area contributed by atoms with Gasteiger partial charge in [-0.05, 0) is 33.4 Å². The fourth-order valence-electron chi connectivity index (χ4n) is 1.65. The molecule has 1 heterocycles. The summed E-state index contributed by atoms with van der Waals surface area (Å²) < 4.78 is 0. The van der Waals surface area contributed by atoms with Gasteiger partial charge >= 0.3 is 0 Å². The molecule has 1 aromatic heterocycles. The highest BCUT2D eigenvalue weighted by molar-refractivity contribution is 7.09. The third-order valence-corrected chi connectivity index (χ3v) is 3.63. The molecule has 16 heavy (non-hydrogen) atoms. The van der Waals surface area contributed by atoms with Crippen molar-refractivity contribution in [2.45, 2.75) is 39.2 Å². The first-order valence-corrected chi connectivity index (χ1v) is 6.80. The number of nitrogens with zero attached hydrogens (tertiary/aromatic N) is 2. The van der Waals surface area contributed by atoms with E-state index in [1.54, 1.807) is 11.3 Å². The van der Waals surface area contributed by atoms with Gasteiger partial charge in [-0.3, -0.25) is 0 Å². The second kappa shape index (κ2) is 7.76. The summed E-state index contributed by atoms with van der Waals surface area (Å²) in [6.07, 6.45) is 4.52. The van der Waals surface area contributed by atoms with Gasteiger partial charge in [-0.1, -0.05) is 12.8 Å². The van der Waals surface area contributed by atoms with E-state index < -0.39 is 0 Å². The van der Waals surface area contributed by atoms with E-state index in [2.05, 4.69) is 23.9 Å². The molecule has 92 valence electrons. The van der Waals surface area contributed by atoms with Crippen molar-refractivity contribution in [2.24, 2.45) is 0 Å². The van der Waals surface area contributed by atoms with Gasteiger partial charge in [-0.2, -0.15) is 0 Å². The van der Waals surface area contributed by atoms with Crippen molar-refractivity contribution in [1.29, 1.82) is 0 Å². The van der Waals surface area contributed by atoms with Crippen LogP contribution in [0.25, 0.3) is 0 Å². The monoisotopic (exact) mass is 242 g/mol. The van der Waals surface area contributed by atoms with Gasteiger partial charge in [0.15, 0.2) is 0 Å². The number of thiazole rings is 1. The molecule has 0 aromatic carbocycles. The van der Waals surface area contributed by atoms with Crippen LogP contribution in [0.3, 0.4) is 0 Å². The number of hydrogen-bond acceptors (Lipinski definition) is 4. The summed E-state index contributed by atoms with van der Waals surface area (Å²) in [5, 5.41) is 8.66. The molecule has 0 bridgehead atoms. The zero-order chi connectivity index (χ0) is 11.8. The minimum Gasteiger partial charge on any atom is -0.396 e. The number of aromatic nitrogens is 1. The Bertz CT molecular complexity index is 288. The molecule has 1 N–H and O–H groups in total. The van der Waals surface area contributed by atoms with Crippen molar-refractivity contribution >= 4 is 11.3 Å². The zero-order valence-corrected chi connectivity index (χ0v) is 11.1. The lowest BCUT2D eigenvalue weighted by molar-refractivity contribution is 0.277. The predicted molar refractivity (Wildman–Crippen MR) is 68.7 cm³/mol. The van der Waals surface area contributed by atoms with E-state index >= 15 is 0 Å². The van der Waals surface area contributed by atoms with Crippen LogP contribution in [0.4, 0.5) is 0 Å². The van der Waals surface area contributed by atoms with Gasteiger partial charge in [0.2, 0.25) is 0 Å². The summed E-state index contributed by atoms with van der Waals surface area (Å²) in [6, 6.07) is 0. The van der Waals surface area contributed by atoms with Crippen molar-refractivity contribution < 1.29 is 5.11 Å². The highest BCUT2D eigenvalue weighted by Crippen LogP contribution is 2.14. The van der Waals surface area contributed by atoms with Crippen LogP contribution in [0.5, 0.6) is 0 Å². The Balaban J connectivity index is 2.11. The predicted octanol–water partition coefficient (Wildman–Crippen LogP) is 2.44. The standard InChI is InChI=1S/C12H22N2OS/c1-11-12(16-10-13-11)9-14(2)7-5-3-4-6-8-15/h10,15H,3-9H2,1-2H3. The highest BCUT2D eigenvalue weighted by atomic mass is 32.1. The first kappa shape index (κ1) is 13.6. The molecule has 1 rings (SSSR count). The third-order valence-electron chi connectivity index (χ3n) is 2.71. The Morgan fingerprint density at radius 3 is 2.69 bits per heavy atom. The smallest absolute Gasteiger partial charge is 0.0798 e. The molecular formula is C12H22N2OS. The van der Waals surface area contributed by atoms with Crippen molar-refractivity contribution in [3.63, 3.8) is 0 Å². The minimum atomic E-state index is 0.329. The molecule has 0 spiro atoms. The molecule has 4 heteroatoms. The fourth-order valence-corrected chi connectivity index (χ4v) is 2.51. The van der Waals surface area contributed by atoms with Gasteiger partial charge in [0.05, 0.1) is 11.2 Å². The molecule has 0 saturated carbocycles. The Kier molecular flexibility index (Phi) is 6.61. The van der Waals surface area contributed by atoms with E-state index in [-0.39, 0.29) is 0 Å². The molecule has 0 aliphatic carbocycles. The van der Waals surface area contributed by atoms with Crippen LogP contribution in [0.15, 0.2) is 5.51 Å². The summed E-state index contributed by atoms with van der Waals surface area (Å²) in [6.45, 7) is 4.54. The lowest BCUT2D eigenvalue weighted by Gasteiger charge is -2.15. The fraction of sp³-hybridized carbons (Fsp3) is 0.750. The normalized spacial score (nSPS) is 11.2. The molecule has 0 saturated heterocycles. The molecular weight excluding hydrogens is 220 g/mol. The molecule has 0 aliphatic rings. The van der Waals surface area contributed by atoms with E-state index in [9.17, 15) is 0 Å². The maximum atomic E-state index is 8.66. The first-order valence-electron chi connectivity index (χ1n) is 5.92. The molecule has 0 radical (unpaired) electrons. The van der Waals surface area contributed by atoms with E-state index in [1.807, 2.05) is 5.51 Å². The maximum Gasteiger partial charge on any atom is 0.0798 e. The number of aliphatic hydroxyl groups excluding tert-OH is 1. The summed E-state index contributed by atoms with van der Waals surface area (Å²) in [4.78, 5) is 7.97. The van der Waals surface area contributed by atoms with Crippen LogP contribution in [0.1, 0.15) is 36.3 Å². The van der Waals surface area contributed by atoms with E-state index in [1.165, 1.54) is 17.7 Å². The average Bonchev–Trinajstić information content (AvgIpc) is 2.64. The molecule has 1 aromatic rings. The van der Waals surface area contributed by atoms with E-state index in [0.717, 1.165) is 31.6 Å². The summed E-state index contributed by atoms with van der Waals surface area (Å²) in [7, 11) is 2.16. The molecule has 0 aliphatic heterocycles. The number of rotatable bonds is 8. The largest absolute Gasteiger partial charge is 0.396 e. The maximum absolute atomic E-state index is 8.66. The Hall–Kier alpha value is -0.450. The third kappa shape index (κ3) is 5.05. The van der Waals surface area contributed by atoms with Crippen LogP contribution in [-0.4, -0.2) is 35.2 Å². The number of aliphatic hydroxyl groups is 1. The number of unbranched alkanes of at least 4 members (excludes halogenated alkanes) is 3. The van der Waals surface area contributed by atoms with Gasteiger partial charge in [0, 0.05) is 18.0 Å². The lowest BCUT2D eigenvalue weighted by Crippen LogP contribution is -2.18. The number of hydrogen-bond donors (Lipinski definition) is 1. The Morgan fingerprint density at radius 1 is 1.31 bits per heavy atom. The molecule has 0 amide bonds. The molecule has 3 nitrogen and oxygen atoms in total. The number of aryl methyl sites for hydroxylation is 1. The van der Waals surface area contributed by atoms with Crippen molar-refractivity contribution in [2.75, 3.05) is 20.2 Å². The SMILES string of the molecule is Cc1ncsc1CN(C)CCCCCCO. The summed E-state index contributed by atoms with van der Waals surface area (Å²) >= 11 is 1.74. The molecule has 0 unspecified atom stereocenters. The van der Waals surface area contributed by atoms with Gasteiger partial charge in [-0.25, -0.2) is 4.98 Å². The van der Waals surface area contributed by atoms with Crippen LogP contribution in [0.2, 0.25) is 0 Å². The second-order valence-electron chi connectivity index (χ2n) is 4.24. The Morgan fingerprint density at radius 2 is 2.06 bits per heavy atom. The van der Waals surface area contributed by atoms with Crippen LogP contribution in [0, 0.1) is 6.92 Å². The van der Waals surface area contributed by atoms with Crippen LogP contribution < -0.4 is 0 Å². The minimum absolute atomic E-state index is 0.329. The average molecular weight is 242 g/mol. The highest BCUT2D eigenvalue weighted by Gasteiger charge is 2.04. The van der Waals surface area contributed by atoms with Gasteiger partial charge in [0.25, 0.3) is 0 Å². The van der Waals surface area contributed by atoms with E-state index in [4.69, 9.17) is 5.11 Å². The lowest BCUT2D eigenvalue weighted by atomic mass is 10.2. The van der Waals surface area contributed by atoms with Crippen LogP contribution >= 0.6 is 11.3 Å². The van der Waals surface area contributed by atoms with E-state index in [0.29, 0.717) is 6.61 Å². The zero-order valence-electron chi connectivity index (χ0n) is 10.3. The van der Waals surface area contributed by atoms with Crippen molar-refractivity contribution in [3.8, 4) is 0 Å². The van der Waals surface area contributed by atoms with Gasteiger partial charge in [0.1, 0.15) is 0 Å². The Labute approximate surface area is 102 Å². The van der Waals surface area contributed by atoms with Crippen LogP contribution in [-0.2, 0) is 6.54 Å². The second-order valence-corrected chi connectivity index (χ2v) is 5.18. The van der Waals surface area contributed by atoms with Gasteiger partial charge < -0.3 is 10.0 Å². The van der Waals surface area contributed by atoms with Gasteiger partial charge in [-0.15, -0.1) is 11.3 Å². The quantitative estimate of drug-likeness (QED) is 0.711. The molecule has 0 atom stereocenters. The molecule has 0 fully saturated rings. The topological polar surface area (TPSA) is 36.4 Å².